The first kappa shape index (κ1) is 9.88. The lowest BCUT2D eigenvalue weighted by molar-refractivity contribution is -0.112. The minimum Gasteiger partial charge on any atom is -0.356 e. The Morgan fingerprint density at radius 2 is 1.80 bits per heavy atom. The molecule has 0 radical (unpaired) electrons. The van der Waals surface area contributed by atoms with Crippen molar-refractivity contribution in [3.05, 3.63) is 0 Å². The standard InChI is InChI=1S/C7H17NO2/c1-6(5-8)4-7(9-2)10-3/h6-7H,4-5,8H2,1-3H3/t6-/m0/s1. The van der Waals surface area contributed by atoms with Gasteiger partial charge in [0.2, 0.25) is 0 Å². The van der Waals surface area contributed by atoms with Crippen molar-refractivity contribution in [2.24, 2.45) is 11.7 Å². The van der Waals surface area contributed by atoms with E-state index in [0.29, 0.717) is 12.5 Å². The lowest BCUT2D eigenvalue weighted by Gasteiger charge is -2.16. The Bertz CT molecular complexity index is 74.0. The SMILES string of the molecule is COC(C[C@H](C)CN)OC. The van der Waals surface area contributed by atoms with Gasteiger partial charge >= 0.3 is 0 Å². The van der Waals surface area contributed by atoms with Gasteiger partial charge in [-0.1, -0.05) is 6.92 Å². The van der Waals surface area contributed by atoms with Crippen LogP contribution in [0.25, 0.3) is 0 Å². The Morgan fingerprint density at radius 3 is 2.10 bits per heavy atom. The van der Waals surface area contributed by atoms with Gasteiger partial charge in [-0.25, -0.2) is 0 Å². The number of ether oxygens (including phenoxy) is 2. The summed E-state index contributed by atoms with van der Waals surface area (Å²) in [7, 11) is 3.27. The van der Waals surface area contributed by atoms with Crippen molar-refractivity contribution in [3.8, 4) is 0 Å². The fourth-order valence-corrected chi connectivity index (χ4v) is 0.713. The number of hydrogen-bond donors (Lipinski definition) is 1. The van der Waals surface area contributed by atoms with E-state index in [2.05, 4.69) is 6.92 Å². The molecule has 0 heterocycles. The monoisotopic (exact) mass is 147 g/mol. The Balaban J connectivity index is 3.41. The maximum Gasteiger partial charge on any atom is 0.157 e. The third-order valence-electron chi connectivity index (χ3n) is 1.52. The summed E-state index contributed by atoms with van der Waals surface area (Å²) in [6.07, 6.45) is 0.766. The van der Waals surface area contributed by atoms with Gasteiger partial charge in [-0.3, -0.25) is 0 Å². The van der Waals surface area contributed by atoms with Crippen molar-refractivity contribution < 1.29 is 9.47 Å². The van der Waals surface area contributed by atoms with Gasteiger partial charge in [0.05, 0.1) is 0 Å². The molecule has 0 aromatic rings. The van der Waals surface area contributed by atoms with Crippen LogP contribution in [0.4, 0.5) is 0 Å². The zero-order valence-electron chi connectivity index (χ0n) is 6.96. The van der Waals surface area contributed by atoms with Gasteiger partial charge < -0.3 is 15.2 Å². The van der Waals surface area contributed by atoms with E-state index in [1.165, 1.54) is 0 Å². The molecule has 0 bridgehead atoms. The molecular formula is C7H17NO2. The number of methoxy groups -OCH3 is 2. The average Bonchev–Trinajstić information content (AvgIpc) is 1.99. The maximum atomic E-state index is 5.42. The van der Waals surface area contributed by atoms with Crippen LogP contribution in [-0.4, -0.2) is 27.1 Å². The molecule has 0 aliphatic rings. The fourth-order valence-electron chi connectivity index (χ4n) is 0.713. The molecule has 0 amide bonds. The fraction of sp³-hybridized carbons (Fsp3) is 1.00. The van der Waals surface area contributed by atoms with Crippen LogP contribution in [-0.2, 0) is 9.47 Å². The van der Waals surface area contributed by atoms with Crippen molar-refractivity contribution in [2.75, 3.05) is 20.8 Å². The van der Waals surface area contributed by atoms with Crippen LogP contribution in [0.2, 0.25) is 0 Å². The highest BCUT2D eigenvalue weighted by Crippen LogP contribution is 2.06. The number of rotatable bonds is 5. The summed E-state index contributed by atoms with van der Waals surface area (Å²) in [5, 5.41) is 0. The third kappa shape index (κ3) is 3.82. The maximum absolute atomic E-state index is 5.42. The Hall–Kier alpha value is -0.120. The predicted octanol–water partition coefficient (Wildman–Crippen LogP) is 0.590. The van der Waals surface area contributed by atoms with Gasteiger partial charge in [0.25, 0.3) is 0 Å². The summed E-state index contributed by atoms with van der Waals surface area (Å²) >= 11 is 0. The first-order chi connectivity index (χ1) is 4.74. The Morgan fingerprint density at radius 1 is 1.30 bits per heavy atom. The molecule has 0 aliphatic heterocycles. The molecule has 10 heavy (non-hydrogen) atoms. The summed E-state index contributed by atoms with van der Waals surface area (Å²) in [5.41, 5.74) is 5.42. The van der Waals surface area contributed by atoms with E-state index in [9.17, 15) is 0 Å². The number of nitrogens with two attached hydrogens (primary N) is 1. The molecule has 2 N–H and O–H groups in total. The second kappa shape index (κ2) is 5.65. The zero-order chi connectivity index (χ0) is 7.98. The molecule has 0 aromatic carbocycles. The molecule has 0 fully saturated rings. The lowest BCUT2D eigenvalue weighted by atomic mass is 10.1. The molecule has 3 heteroatoms. The van der Waals surface area contributed by atoms with Gasteiger partial charge in [-0.15, -0.1) is 0 Å². The van der Waals surface area contributed by atoms with Crippen molar-refractivity contribution >= 4 is 0 Å². The van der Waals surface area contributed by atoms with E-state index in [1.54, 1.807) is 14.2 Å². The van der Waals surface area contributed by atoms with E-state index in [4.69, 9.17) is 15.2 Å². The highest BCUT2D eigenvalue weighted by Gasteiger charge is 2.08. The van der Waals surface area contributed by atoms with E-state index >= 15 is 0 Å². The molecule has 0 rings (SSSR count). The van der Waals surface area contributed by atoms with Crippen molar-refractivity contribution in [2.45, 2.75) is 19.6 Å². The second-order valence-electron chi connectivity index (χ2n) is 2.48. The quantitative estimate of drug-likeness (QED) is 0.579. The van der Waals surface area contributed by atoms with Gasteiger partial charge in [0.15, 0.2) is 6.29 Å². The van der Waals surface area contributed by atoms with Gasteiger partial charge in [0.1, 0.15) is 0 Å². The van der Waals surface area contributed by atoms with E-state index in [1.807, 2.05) is 0 Å². The van der Waals surface area contributed by atoms with Gasteiger partial charge in [-0.05, 0) is 12.5 Å². The number of hydrogen-bond acceptors (Lipinski definition) is 3. The van der Waals surface area contributed by atoms with Gasteiger partial charge in [0, 0.05) is 20.6 Å². The normalized spacial score (nSPS) is 14.1. The van der Waals surface area contributed by atoms with Gasteiger partial charge in [-0.2, -0.15) is 0 Å². The zero-order valence-corrected chi connectivity index (χ0v) is 6.96. The summed E-state index contributed by atoms with van der Waals surface area (Å²) in [4.78, 5) is 0. The molecule has 62 valence electrons. The second-order valence-corrected chi connectivity index (χ2v) is 2.48. The largest absolute Gasteiger partial charge is 0.356 e. The van der Waals surface area contributed by atoms with E-state index in [-0.39, 0.29) is 6.29 Å². The third-order valence-corrected chi connectivity index (χ3v) is 1.52. The van der Waals surface area contributed by atoms with Crippen molar-refractivity contribution in [1.82, 2.24) is 0 Å². The van der Waals surface area contributed by atoms with E-state index in [0.717, 1.165) is 6.42 Å². The lowest BCUT2D eigenvalue weighted by Crippen LogP contribution is -2.21. The van der Waals surface area contributed by atoms with Crippen LogP contribution in [0.1, 0.15) is 13.3 Å². The minimum atomic E-state index is -0.0986. The molecule has 0 saturated heterocycles. The minimum absolute atomic E-state index is 0.0986. The first-order valence-corrected chi connectivity index (χ1v) is 3.50. The molecule has 3 nitrogen and oxygen atoms in total. The molecule has 0 unspecified atom stereocenters. The Labute approximate surface area is 62.5 Å². The summed E-state index contributed by atoms with van der Waals surface area (Å²) in [5.74, 6) is 0.463. The van der Waals surface area contributed by atoms with Crippen LogP contribution in [0.5, 0.6) is 0 Å². The molecular weight excluding hydrogens is 130 g/mol. The van der Waals surface area contributed by atoms with Crippen LogP contribution in [0.3, 0.4) is 0 Å². The van der Waals surface area contributed by atoms with Crippen LogP contribution in [0.15, 0.2) is 0 Å². The molecule has 1 atom stereocenters. The van der Waals surface area contributed by atoms with Crippen LogP contribution < -0.4 is 5.73 Å². The van der Waals surface area contributed by atoms with Crippen LogP contribution >= 0.6 is 0 Å². The smallest absolute Gasteiger partial charge is 0.157 e. The summed E-state index contributed by atoms with van der Waals surface area (Å²) in [6.45, 7) is 2.76. The topological polar surface area (TPSA) is 44.5 Å². The molecule has 0 spiro atoms. The first-order valence-electron chi connectivity index (χ1n) is 3.50. The molecule has 0 aliphatic carbocycles. The molecule has 0 aromatic heterocycles. The van der Waals surface area contributed by atoms with Crippen molar-refractivity contribution in [3.63, 3.8) is 0 Å². The summed E-state index contributed by atoms with van der Waals surface area (Å²) < 4.78 is 9.99. The van der Waals surface area contributed by atoms with Crippen molar-refractivity contribution in [1.29, 1.82) is 0 Å². The van der Waals surface area contributed by atoms with E-state index < -0.39 is 0 Å². The Kier molecular flexibility index (Phi) is 5.58. The highest BCUT2D eigenvalue weighted by atomic mass is 16.7. The average molecular weight is 147 g/mol. The van der Waals surface area contributed by atoms with Crippen LogP contribution in [0, 0.1) is 5.92 Å². The summed E-state index contributed by atoms with van der Waals surface area (Å²) in [6, 6.07) is 0. The predicted molar refractivity (Wildman–Crippen MR) is 40.6 cm³/mol. The highest BCUT2D eigenvalue weighted by molar-refractivity contribution is 4.54. The molecule has 0 saturated carbocycles.